The van der Waals surface area contributed by atoms with Gasteiger partial charge in [-0.1, -0.05) is 0 Å². The quantitative estimate of drug-likeness (QED) is 0.554. The average molecular weight is 155 g/mol. The Bertz CT molecular complexity index is 159. The van der Waals surface area contributed by atoms with Crippen LogP contribution in [0.4, 0.5) is 0 Å². The molecule has 0 amide bonds. The minimum atomic E-state index is 0.293. The SMILES string of the molecule is NCC12CCCN1C(N)CC2. The van der Waals surface area contributed by atoms with E-state index in [1.165, 1.54) is 25.8 Å². The predicted octanol–water partition coefficient (Wildman–Crippen LogP) is -0.142. The Morgan fingerprint density at radius 1 is 1.45 bits per heavy atom. The van der Waals surface area contributed by atoms with Crippen molar-refractivity contribution in [2.24, 2.45) is 11.5 Å². The molecule has 0 radical (unpaired) electrons. The van der Waals surface area contributed by atoms with Crippen LogP contribution in [0.3, 0.4) is 0 Å². The molecule has 2 fully saturated rings. The van der Waals surface area contributed by atoms with Crippen molar-refractivity contribution in [3.63, 3.8) is 0 Å². The van der Waals surface area contributed by atoms with E-state index < -0.39 is 0 Å². The highest BCUT2D eigenvalue weighted by molar-refractivity contribution is 5.03. The molecule has 64 valence electrons. The van der Waals surface area contributed by atoms with E-state index in [1.54, 1.807) is 0 Å². The summed E-state index contributed by atoms with van der Waals surface area (Å²) in [5.41, 5.74) is 12.0. The van der Waals surface area contributed by atoms with E-state index in [-0.39, 0.29) is 0 Å². The largest absolute Gasteiger partial charge is 0.329 e. The molecule has 2 aliphatic heterocycles. The summed E-state index contributed by atoms with van der Waals surface area (Å²) in [6.45, 7) is 1.96. The molecule has 0 aromatic carbocycles. The molecule has 2 saturated heterocycles. The van der Waals surface area contributed by atoms with Crippen molar-refractivity contribution in [3.8, 4) is 0 Å². The van der Waals surface area contributed by atoms with Crippen LogP contribution >= 0.6 is 0 Å². The summed E-state index contributed by atoms with van der Waals surface area (Å²) in [7, 11) is 0. The normalized spacial score (nSPS) is 44.7. The maximum Gasteiger partial charge on any atom is 0.0577 e. The molecule has 0 aliphatic carbocycles. The molecule has 0 bridgehead atoms. The molecular weight excluding hydrogens is 138 g/mol. The first kappa shape index (κ1) is 7.53. The Morgan fingerprint density at radius 2 is 2.27 bits per heavy atom. The Kier molecular flexibility index (Phi) is 1.67. The van der Waals surface area contributed by atoms with E-state index in [2.05, 4.69) is 4.90 Å². The lowest BCUT2D eigenvalue weighted by atomic mass is 9.95. The minimum Gasteiger partial charge on any atom is -0.329 e. The summed E-state index contributed by atoms with van der Waals surface area (Å²) in [5.74, 6) is 0. The van der Waals surface area contributed by atoms with Crippen molar-refractivity contribution >= 4 is 0 Å². The Morgan fingerprint density at radius 3 is 2.91 bits per heavy atom. The summed E-state index contributed by atoms with van der Waals surface area (Å²) < 4.78 is 0. The van der Waals surface area contributed by atoms with Gasteiger partial charge >= 0.3 is 0 Å². The number of nitrogens with two attached hydrogens (primary N) is 2. The zero-order chi connectivity index (χ0) is 7.90. The lowest BCUT2D eigenvalue weighted by molar-refractivity contribution is 0.160. The van der Waals surface area contributed by atoms with Crippen LogP contribution in [-0.2, 0) is 0 Å². The maximum atomic E-state index is 5.95. The van der Waals surface area contributed by atoms with E-state index in [9.17, 15) is 0 Å². The van der Waals surface area contributed by atoms with Crippen molar-refractivity contribution in [3.05, 3.63) is 0 Å². The van der Waals surface area contributed by atoms with Crippen molar-refractivity contribution in [1.29, 1.82) is 0 Å². The Hall–Kier alpha value is -0.120. The lowest BCUT2D eigenvalue weighted by Crippen LogP contribution is -2.50. The van der Waals surface area contributed by atoms with Gasteiger partial charge in [0.2, 0.25) is 0 Å². The topological polar surface area (TPSA) is 55.3 Å². The van der Waals surface area contributed by atoms with Crippen molar-refractivity contribution in [2.75, 3.05) is 13.1 Å². The van der Waals surface area contributed by atoms with Crippen molar-refractivity contribution in [2.45, 2.75) is 37.4 Å². The van der Waals surface area contributed by atoms with Gasteiger partial charge in [-0.2, -0.15) is 0 Å². The van der Waals surface area contributed by atoms with Gasteiger partial charge in [-0.05, 0) is 25.7 Å². The fourth-order valence-corrected chi connectivity index (χ4v) is 2.64. The number of fused-ring (bicyclic) bond motifs is 1. The number of nitrogens with zero attached hydrogens (tertiary/aromatic N) is 1. The van der Waals surface area contributed by atoms with E-state index in [4.69, 9.17) is 11.5 Å². The Labute approximate surface area is 67.7 Å². The summed E-state index contributed by atoms with van der Waals surface area (Å²) in [6, 6.07) is 0. The van der Waals surface area contributed by atoms with Crippen LogP contribution in [0.15, 0.2) is 0 Å². The van der Waals surface area contributed by atoms with Crippen LogP contribution in [0.25, 0.3) is 0 Å². The number of hydrogen-bond donors (Lipinski definition) is 2. The molecule has 0 aromatic rings. The monoisotopic (exact) mass is 155 g/mol. The third kappa shape index (κ3) is 0.916. The highest BCUT2D eigenvalue weighted by Crippen LogP contribution is 2.39. The van der Waals surface area contributed by atoms with Crippen molar-refractivity contribution in [1.82, 2.24) is 4.90 Å². The van der Waals surface area contributed by atoms with Gasteiger partial charge in [0.1, 0.15) is 0 Å². The van der Waals surface area contributed by atoms with Crippen LogP contribution in [-0.4, -0.2) is 29.7 Å². The summed E-state index contributed by atoms with van der Waals surface area (Å²) in [6.07, 6.45) is 5.19. The first-order chi connectivity index (χ1) is 5.28. The zero-order valence-electron chi connectivity index (χ0n) is 6.92. The molecule has 2 unspecified atom stereocenters. The van der Waals surface area contributed by atoms with E-state index in [0.29, 0.717) is 11.7 Å². The highest BCUT2D eigenvalue weighted by atomic mass is 15.3. The molecule has 2 aliphatic rings. The minimum absolute atomic E-state index is 0.293. The Balaban J connectivity index is 2.18. The first-order valence-corrected chi connectivity index (χ1v) is 4.51. The van der Waals surface area contributed by atoms with Crippen LogP contribution in [0.1, 0.15) is 25.7 Å². The third-order valence-electron chi connectivity index (χ3n) is 3.34. The zero-order valence-corrected chi connectivity index (χ0v) is 6.92. The van der Waals surface area contributed by atoms with Crippen LogP contribution in [0.2, 0.25) is 0 Å². The van der Waals surface area contributed by atoms with Gasteiger partial charge in [0.25, 0.3) is 0 Å². The summed E-state index contributed by atoms with van der Waals surface area (Å²) >= 11 is 0. The molecule has 0 aromatic heterocycles. The molecule has 11 heavy (non-hydrogen) atoms. The van der Waals surface area contributed by atoms with Crippen LogP contribution < -0.4 is 11.5 Å². The first-order valence-electron chi connectivity index (χ1n) is 4.51. The van der Waals surface area contributed by atoms with Gasteiger partial charge in [-0.25, -0.2) is 0 Å². The van der Waals surface area contributed by atoms with Gasteiger partial charge in [0, 0.05) is 18.6 Å². The molecule has 4 N–H and O–H groups in total. The van der Waals surface area contributed by atoms with Gasteiger partial charge in [-0.3, -0.25) is 4.90 Å². The van der Waals surface area contributed by atoms with Gasteiger partial charge in [0.15, 0.2) is 0 Å². The fourth-order valence-electron chi connectivity index (χ4n) is 2.64. The molecule has 3 nitrogen and oxygen atoms in total. The second-order valence-electron chi connectivity index (χ2n) is 3.83. The van der Waals surface area contributed by atoms with Gasteiger partial charge < -0.3 is 11.5 Å². The van der Waals surface area contributed by atoms with Crippen molar-refractivity contribution < 1.29 is 0 Å². The number of hydrogen-bond acceptors (Lipinski definition) is 3. The molecule has 3 heteroatoms. The second-order valence-corrected chi connectivity index (χ2v) is 3.83. The number of rotatable bonds is 1. The molecule has 2 heterocycles. The van der Waals surface area contributed by atoms with E-state index in [1.807, 2.05) is 0 Å². The maximum absolute atomic E-state index is 5.95. The fraction of sp³-hybridized carbons (Fsp3) is 1.00. The lowest BCUT2D eigenvalue weighted by Gasteiger charge is -2.32. The van der Waals surface area contributed by atoms with Gasteiger partial charge in [-0.15, -0.1) is 0 Å². The average Bonchev–Trinajstić information content (AvgIpc) is 2.53. The predicted molar refractivity (Wildman–Crippen MR) is 44.9 cm³/mol. The summed E-state index contributed by atoms with van der Waals surface area (Å²) in [5, 5.41) is 0. The standard InChI is InChI=1S/C8H17N3/c9-6-8-3-1-5-11(8)7(10)2-4-8/h7H,1-6,9-10H2. The molecule has 2 atom stereocenters. The smallest absolute Gasteiger partial charge is 0.0577 e. The highest BCUT2D eigenvalue weighted by Gasteiger charge is 2.46. The second kappa shape index (κ2) is 2.44. The molecule has 0 saturated carbocycles. The summed E-state index contributed by atoms with van der Waals surface area (Å²) in [4.78, 5) is 2.41. The van der Waals surface area contributed by atoms with Crippen LogP contribution in [0, 0.1) is 0 Å². The molecule has 2 rings (SSSR count). The van der Waals surface area contributed by atoms with E-state index in [0.717, 1.165) is 13.0 Å². The van der Waals surface area contributed by atoms with E-state index >= 15 is 0 Å². The van der Waals surface area contributed by atoms with Gasteiger partial charge in [0.05, 0.1) is 6.17 Å². The van der Waals surface area contributed by atoms with Crippen LogP contribution in [0.5, 0.6) is 0 Å². The third-order valence-corrected chi connectivity index (χ3v) is 3.34. The molecule has 0 spiro atoms. The molecular formula is C8H17N3.